The van der Waals surface area contributed by atoms with E-state index in [0.29, 0.717) is 17.5 Å². The van der Waals surface area contributed by atoms with E-state index in [1.165, 1.54) is 0 Å². The normalized spacial score (nSPS) is 10.2. The molecule has 0 atom stereocenters. The van der Waals surface area contributed by atoms with Gasteiger partial charge in [-0.15, -0.1) is 11.6 Å². The quantitative estimate of drug-likeness (QED) is 0.675. The van der Waals surface area contributed by atoms with E-state index < -0.39 is 0 Å². The van der Waals surface area contributed by atoms with Crippen LogP contribution in [0.25, 0.3) is 11.1 Å². The number of benzene rings is 2. The molecule has 0 aliphatic heterocycles. The predicted octanol–water partition coefficient (Wildman–Crippen LogP) is 3.61. The smallest absolute Gasteiger partial charge is 0.119 e. The maximum absolute atomic E-state index is 5.74. The highest BCUT2D eigenvalue weighted by Gasteiger charge is 2.06. The predicted molar refractivity (Wildman–Crippen MR) is 84.0 cm³/mol. The zero-order chi connectivity index (χ0) is 13.7. The van der Waals surface area contributed by atoms with Crippen molar-refractivity contribution in [1.82, 2.24) is 0 Å². The molecular formula is C15H14ClNOS. The highest BCUT2D eigenvalue weighted by molar-refractivity contribution is 7.80. The number of hydrogen-bond donors (Lipinski definition) is 1. The van der Waals surface area contributed by atoms with E-state index in [1.807, 2.05) is 48.5 Å². The number of hydrogen-bond acceptors (Lipinski definition) is 2. The first-order valence-corrected chi connectivity index (χ1v) is 6.84. The molecular weight excluding hydrogens is 278 g/mol. The molecule has 0 unspecified atom stereocenters. The molecule has 0 spiro atoms. The average Bonchev–Trinajstić information content (AvgIpc) is 2.45. The Balaban J connectivity index is 2.30. The van der Waals surface area contributed by atoms with Crippen LogP contribution in [0.1, 0.15) is 5.56 Å². The Kier molecular flexibility index (Phi) is 4.77. The molecule has 2 N–H and O–H groups in total. The average molecular weight is 292 g/mol. The lowest BCUT2D eigenvalue weighted by Crippen LogP contribution is -2.10. The van der Waals surface area contributed by atoms with Crippen molar-refractivity contribution < 1.29 is 4.74 Å². The molecule has 0 saturated carbocycles. The zero-order valence-corrected chi connectivity index (χ0v) is 11.9. The minimum atomic E-state index is 0.401. The summed E-state index contributed by atoms with van der Waals surface area (Å²) in [6, 6.07) is 15.6. The molecule has 2 aromatic carbocycles. The maximum Gasteiger partial charge on any atom is 0.119 e. The fourth-order valence-corrected chi connectivity index (χ4v) is 2.09. The molecule has 2 aromatic rings. The van der Waals surface area contributed by atoms with Gasteiger partial charge in [0.2, 0.25) is 0 Å². The fourth-order valence-electron chi connectivity index (χ4n) is 1.84. The van der Waals surface area contributed by atoms with Crippen LogP contribution in [0.5, 0.6) is 5.75 Å². The Morgan fingerprint density at radius 1 is 1.11 bits per heavy atom. The fraction of sp³-hybridized carbons (Fsp3) is 0.133. The van der Waals surface area contributed by atoms with Gasteiger partial charge in [0, 0.05) is 5.56 Å². The van der Waals surface area contributed by atoms with Crippen molar-refractivity contribution in [3.8, 4) is 16.9 Å². The van der Waals surface area contributed by atoms with Gasteiger partial charge in [0.25, 0.3) is 0 Å². The van der Waals surface area contributed by atoms with E-state index >= 15 is 0 Å². The molecule has 0 amide bonds. The second-order valence-corrected chi connectivity index (χ2v) is 4.79. The van der Waals surface area contributed by atoms with Gasteiger partial charge in [-0.3, -0.25) is 0 Å². The third-order valence-electron chi connectivity index (χ3n) is 2.70. The van der Waals surface area contributed by atoms with Crippen LogP contribution in [-0.4, -0.2) is 17.5 Å². The number of alkyl halides is 1. The molecule has 0 fully saturated rings. The van der Waals surface area contributed by atoms with Crippen LogP contribution in [-0.2, 0) is 0 Å². The van der Waals surface area contributed by atoms with Gasteiger partial charge in [-0.25, -0.2) is 0 Å². The van der Waals surface area contributed by atoms with E-state index in [0.717, 1.165) is 22.4 Å². The van der Waals surface area contributed by atoms with Gasteiger partial charge in [-0.2, -0.15) is 0 Å². The van der Waals surface area contributed by atoms with E-state index in [4.69, 9.17) is 34.3 Å². The number of ether oxygens (including phenoxy) is 1. The van der Waals surface area contributed by atoms with E-state index in [1.54, 1.807) is 0 Å². The highest BCUT2D eigenvalue weighted by atomic mass is 35.5. The van der Waals surface area contributed by atoms with Crippen LogP contribution in [0.3, 0.4) is 0 Å². The molecule has 0 aliphatic carbocycles. The van der Waals surface area contributed by atoms with Gasteiger partial charge >= 0.3 is 0 Å². The van der Waals surface area contributed by atoms with Crippen LogP contribution < -0.4 is 10.5 Å². The topological polar surface area (TPSA) is 35.2 Å². The molecule has 2 nitrogen and oxygen atoms in total. The Bertz CT molecular complexity index is 569. The largest absolute Gasteiger partial charge is 0.492 e. The first kappa shape index (κ1) is 13.8. The van der Waals surface area contributed by atoms with Crippen molar-refractivity contribution in [2.75, 3.05) is 12.5 Å². The van der Waals surface area contributed by atoms with Gasteiger partial charge in [0.05, 0.1) is 5.88 Å². The molecule has 98 valence electrons. The van der Waals surface area contributed by atoms with Crippen molar-refractivity contribution in [3.05, 3.63) is 54.1 Å². The Morgan fingerprint density at radius 2 is 1.79 bits per heavy atom. The van der Waals surface area contributed by atoms with Crippen LogP contribution in [0, 0.1) is 0 Å². The minimum Gasteiger partial charge on any atom is -0.492 e. The summed E-state index contributed by atoms with van der Waals surface area (Å²) in [4.78, 5) is 0.401. The standard InChI is InChI=1S/C15H14ClNOS/c16-9-10-18-12-7-5-11(6-8-12)13-3-1-2-4-14(13)15(17)19/h1-8H,9-10H2,(H2,17,19). The summed E-state index contributed by atoms with van der Waals surface area (Å²) in [6.45, 7) is 0.504. The summed E-state index contributed by atoms with van der Waals surface area (Å²) >= 11 is 10.7. The van der Waals surface area contributed by atoms with Gasteiger partial charge in [-0.05, 0) is 23.3 Å². The Morgan fingerprint density at radius 3 is 2.42 bits per heavy atom. The third-order valence-corrected chi connectivity index (χ3v) is 3.08. The second-order valence-electron chi connectivity index (χ2n) is 3.97. The van der Waals surface area contributed by atoms with Crippen LogP contribution in [0.2, 0.25) is 0 Å². The van der Waals surface area contributed by atoms with Crippen LogP contribution in [0.15, 0.2) is 48.5 Å². The van der Waals surface area contributed by atoms with Crippen LogP contribution in [0.4, 0.5) is 0 Å². The van der Waals surface area contributed by atoms with Gasteiger partial charge in [0.1, 0.15) is 17.3 Å². The number of halogens is 1. The number of rotatable bonds is 5. The van der Waals surface area contributed by atoms with Crippen molar-refractivity contribution in [3.63, 3.8) is 0 Å². The van der Waals surface area contributed by atoms with E-state index in [9.17, 15) is 0 Å². The monoisotopic (exact) mass is 291 g/mol. The zero-order valence-electron chi connectivity index (χ0n) is 10.3. The van der Waals surface area contributed by atoms with Crippen molar-refractivity contribution in [1.29, 1.82) is 0 Å². The first-order chi connectivity index (χ1) is 9.22. The van der Waals surface area contributed by atoms with E-state index in [2.05, 4.69) is 0 Å². The van der Waals surface area contributed by atoms with Crippen molar-refractivity contribution >= 4 is 28.8 Å². The molecule has 0 heterocycles. The van der Waals surface area contributed by atoms with Crippen molar-refractivity contribution in [2.24, 2.45) is 5.73 Å². The first-order valence-electron chi connectivity index (χ1n) is 5.90. The Labute approximate surface area is 123 Å². The minimum absolute atomic E-state index is 0.401. The van der Waals surface area contributed by atoms with Crippen molar-refractivity contribution in [2.45, 2.75) is 0 Å². The lowest BCUT2D eigenvalue weighted by atomic mass is 10.00. The second kappa shape index (κ2) is 6.55. The summed E-state index contributed by atoms with van der Waals surface area (Å²) in [5, 5.41) is 0. The molecule has 19 heavy (non-hydrogen) atoms. The number of nitrogens with two attached hydrogens (primary N) is 1. The summed E-state index contributed by atoms with van der Waals surface area (Å²) in [5.74, 6) is 1.28. The number of thiocarbonyl (C=S) groups is 1. The summed E-state index contributed by atoms with van der Waals surface area (Å²) < 4.78 is 5.44. The van der Waals surface area contributed by atoms with Gasteiger partial charge in [0.15, 0.2) is 0 Å². The molecule has 2 rings (SSSR count). The Hall–Kier alpha value is -1.58. The summed E-state index contributed by atoms with van der Waals surface area (Å²) in [6.07, 6.45) is 0. The molecule has 0 bridgehead atoms. The maximum atomic E-state index is 5.74. The SMILES string of the molecule is NC(=S)c1ccccc1-c1ccc(OCCCl)cc1. The molecule has 0 aliphatic rings. The van der Waals surface area contributed by atoms with Crippen LogP contribution >= 0.6 is 23.8 Å². The molecule has 4 heteroatoms. The van der Waals surface area contributed by atoms with E-state index in [-0.39, 0.29) is 0 Å². The molecule has 0 radical (unpaired) electrons. The highest BCUT2D eigenvalue weighted by Crippen LogP contribution is 2.25. The third kappa shape index (κ3) is 3.46. The van der Waals surface area contributed by atoms with Gasteiger partial charge in [-0.1, -0.05) is 48.6 Å². The lowest BCUT2D eigenvalue weighted by Gasteiger charge is -2.09. The molecule has 0 aromatic heterocycles. The lowest BCUT2D eigenvalue weighted by molar-refractivity contribution is 0.343. The molecule has 0 saturated heterocycles. The van der Waals surface area contributed by atoms with Gasteiger partial charge < -0.3 is 10.5 Å². The summed E-state index contributed by atoms with van der Waals surface area (Å²) in [7, 11) is 0. The summed E-state index contributed by atoms with van der Waals surface area (Å²) in [5.41, 5.74) is 8.70.